The Labute approximate surface area is 149 Å². The molecule has 3 rings (SSSR count). The number of carbonyl (C=O) groups is 2. The van der Waals surface area contributed by atoms with Crippen LogP contribution in [0, 0.1) is 5.92 Å². The highest BCUT2D eigenvalue weighted by atomic mass is 35.5. The van der Waals surface area contributed by atoms with Gasteiger partial charge < -0.3 is 16.0 Å². The van der Waals surface area contributed by atoms with E-state index in [1.165, 1.54) is 0 Å². The van der Waals surface area contributed by atoms with Crippen molar-refractivity contribution >= 4 is 29.9 Å². The molecular weight excluding hydrogens is 326 g/mol. The van der Waals surface area contributed by atoms with Gasteiger partial charge in [0.15, 0.2) is 0 Å². The van der Waals surface area contributed by atoms with E-state index in [4.69, 9.17) is 5.73 Å². The molecule has 0 unspecified atom stereocenters. The van der Waals surface area contributed by atoms with Crippen LogP contribution in [-0.2, 0) is 16.1 Å². The number of nitrogens with two attached hydrogens (primary N) is 1. The molecule has 1 heterocycles. The average Bonchev–Trinajstić information content (AvgIpc) is 3.14. The monoisotopic (exact) mass is 351 g/mol. The van der Waals surface area contributed by atoms with Gasteiger partial charge in [-0.2, -0.15) is 0 Å². The van der Waals surface area contributed by atoms with Gasteiger partial charge in [-0.1, -0.05) is 18.6 Å². The Hall–Kier alpha value is -1.59. The number of hydrogen-bond donors (Lipinski definition) is 2. The molecule has 6 heteroatoms. The molecule has 3 N–H and O–H groups in total. The van der Waals surface area contributed by atoms with Gasteiger partial charge in [-0.15, -0.1) is 12.4 Å². The third-order valence-corrected chi connectivity index (χ3v) is 4.95. The van der Waals surface area contributed by atoms with Crippen molar-refractivity contribution in [2.45, 2.75) is 51.1 Å². The second-order valence-electron chi connectivity index (χ2n) is 6.65. The predicted octanol–water partition coefficient (Wildman–Crippen LogP) is 2.37. The van der Waals surface area contributed by atoms with Gasteiger partial charge in [0.1, 0.15) is 0 Å². The molecule has 0 spiro atoms. The van der Waals surface area contributed by atoms with Gasteiger partial charge in [0.2, 0.25) is 11.8 Å². The zero-order valence-electron chi connectivity index (χ0n) is 13.9. The van der Waals surface area contributed by atoms with Crippen LogP contribution >= 0.6 is 12.4 Å². The van der Waals surface area contributed by atoms with Crippen molar-refractivity contribution in [1.29, 1.82) is 0 Å². The van der Waals surface area contributed by atoms with Crippen LogP contribution in [0.1, 0.15) is 44.1 Å². The van der Waals surface area contributed by atoms with Crippen LogP contribution in [0.2, 0.25) is 0 Å². The first-order chi connectivity index (χ1) is 11.1. The van der Waals surface area contributed by atoms with Crippen molar-refractivity contribution < 1.29 is 9.59 Å². The van der Waals surface area contributed by atoms with E-state index in [2.05, 4.69) is 5.32 Å². The van der Waals surface area contributed by atoms with Crippen LogP contribution in [0.3, 0.4) is 0 Å². The van der Waals surface area contributed by atoms with Crippen molar-refractivity contribution in [3.05, 3.63) is 29.8 Å². The van der Waals surface area contributed by atoms with E-state index in [0.717, 1.165) is 43.5 Å². The van der Waals surface area contributed by atoms with E-state index in [1.54, 1.807) is 0 Å². The van der Waals surface area contributed by atoms with Crippen LogP contribution in [0.15, 0.2) is 24.3 Å². The molecule has 1 aromatic rings. The van der Waals surface area contributed by atoms with Gasteiger partial charge in [-0.25, -0.2) is 0 Å². The fourth-order valence-corrected chi connectivity index (χ4v) is 3.59. The average molecular weight is 352 g/mol. The van der Waals surface area contributed by atoms with E-state index < -0.39 is 0 Å². The number of anilines is 1. The number of nitrogens with zero attached hydrogens (tertiary/aromatic N) is 1. The lowest BCUT2D eigenvalue weighted by atomic mass is 10.00. The molecule has 2 aliphatic rings. The summed E-state index contributed by atoms with van der Waals surface area (Å²) in [4.78, 5) is 25.7. The molecule has 0 bridgehead atoms. The molecule has 2 atom stereocenters. The summed E-state index contributed by atoms with van der Waals surface area (Å²) >= 11 is 0. The van der Waals surface area contributed by atoms with Crippen molar-refractivity contribution in [2.75, 3.05) is 11.4 Å². The first kappa shape index (κ1) is 18.7. The fourth-order valence-electron chi connectivity index (χ4n) is 3.59. The standard InChI is InChI=1S/C18H25N3O2.ClH/c19-16-7-2-5-14(16)11-17(22)20-12-13-4-1-6-15(10-13)21-9-3-8-18(21)23;/h1,4,6,10,14,16H,2-3,5,7-9,11-12,19H2,(H,20,22);1H/t14-,16+;/m0./s1. The number of benzene rings is 1. The summed E-state index contributed by atoms with van der Waals surface area (Å²) in [6.45, 7) is 1.28. The summed E-state index contributed by atoms with van der Waals surface area (Å²) in [7, 11) is 0. The Bertz CT molecular complexity index is 593. The Morgan fingerprint density at radius 3 is 2.79 bits per heavy atom. The van der Waals surface area contributed by atoms with Crippen LogP contribution in [0.5, 0.6) is 0 Å². The molecule has 1 aliphatic heterocycles. The van der Waals surface area contributed by atoms with Gasteiger partial charge in [0, 0.05) is 37.7 Å². The highest BCUT2D eigenvalue weighted by Crippen LogP contribution is 2.26. The number of carbonyl (C=O) groups excluding carboxylic acids is 2. The van der Waals surface area contributed by atoms with Crippen LogP contribution in [0.25, 0.3) is 0 Å². The Morgan fingerprint density at radius 2 is 2.12 bits per heavy atom. The fraction of sp³-hybridized carbons (Fsp3) is 0.556. The molecule has 24 heavy (non-hydrogen) atoms. The molecule has 2 fully saturated rings. The zero-order valence-corrected chi connectivity index (χ0v) is 14.7. The summed E-state index contributed by atoms with van der Waals surface area (Å²) in [5, 5.41) is 2.98. The number of rotatable bonds is 5. The third kappa shape index (κ3) is 4.48. The minimum absolute atomic E-state index is 0. The summed E-state index contributed by atoms with van der Waals surface area (Å²) in [5.41, 5.74) is 7.97. The molecule has 5 nitrogen and oxygen atoms in total. The van der Waals surface area contributed by atoms with Crippen molar-refractivity contribution in [3.63, 3.8) is 0 Å². The normalized spacial score (nSPS) is 23.2. The molecule has 1 aliphatic carbocycles. The number of hydrogen-bond acceptors (Lipinski definition) is 3. The number of halogens is 1. The largest absolute Gasteiger partial charge is 0.352 e. The second-order valence-corrected chi connectivity index (χ2v) is 6.65. The predicted molar refractivity (Wildman–Crippen MR) is 97.1 cm³/mol. The molecule has 1 aromatic carbocycles. The first-order valence-corrected chi connectivity index (χ1v) is 8.55. The van der Waals surface area contributed by atoms with E-state index in [0.29, 0.717) is 25.3 Å². The van der Waals surface area contributed by atoms with E-state index in [9.17, 15) is 9.59 Å². The third-order valence-electron chi connectivity index (χ3n) is 4.95. The molecule has 0 aromatic heterocycles. The number of nitrogens with one attached hydrogen (secondary N) is 1. The van der Waals surface area contributed by atoms with Crippen LogP contribution < -0.4 is 16.0 Å². The van der Waals surface area contributed by atoms with Crippen molar-refractivity contribution in [2.24, 2.45) is 11.7 Å². The maximum Gasteiger partial charge on any atom is 0.227 e. The Kier molecular flexibility index (Phi) is 6.63. The van der Waals surface area contributed by atoms with Crippen molar-refractivity contribution in [3.8, 4) is 0 Å². The van der Waals surface area contributed by atoms with Gasteiger partial charge in [0.05, 0.1) is 0 Å². The van der Waals surface area contributed by atoms with E-state index in [-0.39, 0.29) is 30.3 Å². The Morgan fingerprint density at radius 1 is 1.29 bits per heavy atom. The summed E-state index contributed by atoms with van der Waals surface area (Å²) < 4.78 is 0. The molecule has 0 radical (unpaired) electrons. The molecule has 1 saturated carbocycles. The van der Waals surface area contributed by atoms with Crippen molar-refractivity contribution in [1.82, 2.24) is 5.32 Å². The molecule has 132 valence electrons. The minimum atomic E-state index is 0. The topological polar surface area (TPSA) is 75.4 Å². The minimum Gasteiger partial charge on any atom is -0.352 e. The quantitative estimate of drug-likeness (QED) is 0.855. The second kappa shape index (κ2) is 8.49. The Balaban J connectivity index is 0.00000208. The summed E-state index contributed by atoms with van der Waals surface area (Å²) in [6, 6.07) is 8.03. The van der Waals surface area contributed by atoms with Crippen LogP contribution in [-0.4, -0.2) is 24.4 Å². The maximum absolute atomic E-state index is 12.1. The lowest BCUT2D eigenvalue weighted by molar-refractivity contribution is -0.122. The van der Waals surface area contributed by atoms with Gasteiger partial charge in [-0.05, 0) is 42.9 Å². The maximum atomic E-state index is 12.1. The van der Waals surface area contributed by atoms with E-state index >= 15 is 0 Å². The lowest BCUT2D eigenvalue weighted by Crippen LogP contribution is -2.31. The SMILES string of the molecule is Cl.N[C@@H]1CCC[C@H]1CC(=O)NCc1cccc(N2CCCC2=O)c1. The molecule has 2 amide bonds. The molecule has 1 saturated heterocycles. The van der Waals surface area contributed by atoms with Gasteiger partial charge in [-0.3, -0.25) is 9.59 Å². The first-order valence-electron chi connectivity index (χ1n) is 8.55. The summed E-state index contributed by atoms with van der Waals surface area (Å²) in [5.74, 6) is 0.569. The van der Waals surface area contributed by atoms with Gasteiger partial charge >= 0.3 is 0 Å². The lowest BCUT2D eigenvalue weighted by Gasteiger charge is -2.17. The van der Waals surface area contributed by atoms with E-state index in [1.807, 2.05) is 29.2 Å². The summed E-state index contributed by atoms with van der Waals surface area (Å²) in [6.07, 6.45) is 5.28. The number of amides is 2. The molecular formula is C18H26ClN3O2. The smallest absolute Gasteiger partial charge is 0.227 e. The highest BCUT2D eigenvalue weighted by molar-refractivity contribution is 5.95. The highest BCUT2D eigenvalue weighted by Gasteiger charge is 2.26. The zero-order chi connectivity index (χ0) is 16.2. The van der Waals surface area contributed by atoms with Crippen LogP contribution in [0.4, 0.5) is 5.69 Å². The van der Waals surface area contributed by atoms with Gasteiger partial charge in [0.25, 0.3) is 0 Å².